The Kier molecular flexibility index (Phi) is 6.64. The lowest BCUT2D eigenvalue weighted by Crippen LogP contribution is -2.13. The summed E-state index contributed by atoms with van der Waals surface area (Å²) < 4.78 is 33.9. The molecular weight excluding hydrogens is 434 g/mol. The van der Waals surface area contributed by atoms with Crippen molar-refractivity contribution in [2.24, 2.45) is 4.40 Å². The van der Waals surface area contributed by atoms with Crippen LogP contribution in [0.3, 0.4) is 0 Å². The highest BCUT2D eigenvalue weighted by atomic mass is 32.2. The van der Waals surface area contributed by atoms with Crippen LogP contribution in [0, 0.1) is 17.0 Å². The molecule has 0 unspecified atom stereocenters. The zero-order chi connectivity index (χ0) is 23.3. The molecule has 0 saturated heterocycles. The number of sulfonamides is 1. The number of carbonyl (C=O) groups excluding carboxylic acids is 1. The Bertz CT molecular complexity index is 1280. The summed E-state index contributed by atoms with van der Waals surface area (Å²) in [6.07, 6.45) is 1.14. The number of carbonyl (C=O) groups is 1. The normalized spacial score (nSPS) is 11.3. The number of rotatable bonds is 7. The second-order valence-corrected chi connectivity index (χ2v) is 8.37. The number of hydrogen-bond donors (Lipinski definition) is 1. The van der Waals surface area contributed by atoms with E-state index in [-0.39, 0.29) is 21.8 Å². The molecule has 0 bridgehead atoms. The molecule has 1 N–H and O–H groups in total. The Hall–Kier alpha value is -4.05. The van der Waals surface area contributed by atoms with Gasteiger partial charge >= 0.3 is 0 Å². The van der Waals surface area contributed by atoms with Crippen molar-refractivity contribution in [1.29, 1.82) is 0 Å². The molecule has 9 nitrogen and oxygen atoms in total. The molecule has 3 rings (SSSR count). The molecule has 1 amide bonds. The maximum absolute atomic E-state index is 12.6. The minimum atomic E-state index is -3.94. The van der Waals surface area contributed by atoms with Crippen LogP contribution >= 0.6 is 0 Å². The van der Waals surface area contributed by atoms with Gasteiger partial charge in [0.25, 0.3) is 21.6 Å². The van der Waals surface area contributed by atoms with E-state index in [1.54, 1.807) is 24.3 Å². The van der Waals surface area contributed by atoms with Crippen LogP contribution in [0.5, 0.6) is 5.75 Å². The SMILES string of the molecule is COc1ccc(/C=N/S(=O)(=O)c2ccc(C)cc2)c(NC(=O)c2ccc([N+](=O)[O-])cc2)c1. The average Bonchev–Trinajstić information content (AvgIpc) is 2.78. The molecular formula is C22H19N3O6S. The van der Waals surface area contributed by atoms with Gasteiger partial charge in [-0.25, -0.2) is 0 Å². The zero-order valence-electron chi connectivity index (χ0n) is 17.2. The molecule has 0 aliphatic heterocycles. The Morgan fingerprint density at radius 2 is 1.72 bits per heavy atom. The molecule has 0 aromatic heterocycles. The van der Waals surface area contributed by atoms with E-state index in [1.165, 1.54) is 49.6 Å². The first-order chi connectivity index (χ1) is 15.2. The first-order valence-corrected chi connectivity index (χ1v) is 10.7. The highest BCUT2D eigenvalue weighted by Crippen LogP contribution is 2.23. The van der Waals surface area contributed by atoms with Crippen LogP contribution in [-0.2, 0) is 10.0 Å². The number of nitrogens with one attached hydrogen (secondary N) is 1. The van der Waals surface area contributed by atoms with Crippen molar-refractivity contribution in [1.82, 2.24) is 0 Å². The van der Waals surface area contributed by atoms with Crippen LogP contribution in [-0.4, -0.2) is 32.6 Å². The number of benzene rings is 3. The predicted molar refractivity (Wildman–Crippen MR) is 120 cm³/mol. The molecule has 0 radical (unpaired) electrons. The summed E-state index contributed by atoms with van der Waals surface area (Å²) in [5.41, 5.74) is 1.55. The van der Waals surface area contributed by atoms with Crippen LogP contribution in [0.15, 0.2) is 76.0 Å². The third kappa shape index (κ3) is 5.35. The molecule has 3 aromatic carbocycles. The number of amides is 1. The first-order valence-electron chi connectivity index (χ1n) is 9.30. The lowest BCUT2D eigenvalue weighted by molar-refractivity contribution is -0.384. The predicted octanol–water partition coefficient (Wildman–Crippen LogP) is 3.97. The minimum absolute atomic E-state index is 0.0457. The fourth-order valence-electron chi connectivity index (χ4n) is 2.71. The van der Waals surface area contributed by atoms with Crippen molar-refractivity contribution in [3.05, 3.63) is 93.5 Å². The van der Waals surface area contributed by atoms with E-state index >= 15 is 0 Å². The van der Waals surface area contributed by atoms with Crippen molar-refractivity contribution in [3.63, 3.8) is 0 Å². The van der Waals surface area contributed by atoms with E-state index in [9.17, 15) is 23.3 Å². The largest absolute Gasteiger partial charge is 0.497 e. The van der Waals surface area contributed by atoms with Gasteiger partial charge in [-0.15, -0.1) is 0 Å². The monoisotopic (exact) mass is 453 g/mol. The third-order valence-electron chi connectivity index (χ3n) is 4.50. The number of nitro groups is 1. The number of non-ortho nitro benzene ring substituents is 1. The van der Waals surface area contributed by atoms with Crippen LogP contribution < -0.4 is 10.1 Å². The van der Waals surface area contributed by atoms with E-state index in [1.807, 2.05) is 6.92 Å². The van der Waals surface area contributed by atoms with Gasteiger partial charge in [0.05, 0.1) is 22.6 Å². The number of aryl methyl sites for hydroxylation is 1. The Balaban J connectivity index is 1.89. The van der Waals surface area contributed by atoms with Crippen molar-refractivity contribution in [3.8, 4) is 5.75 Å². The van der Waals surface area contributed by atoms with E-state index in [4.69, 9.17) is 4.74 Å². The van der Waals surface area contributed by atoms with Gasteiger partial charge in [0.2, 0.25) is 0 Å². The number of hydrogen-bond acceptors (Lipinski definition) is 6. The fourth-order valence-corrected chi connectivity index (χ4v) is 3.56. The van der Waals surface area contributed by atoms with Crippen molar-refractivity contribution in [2.75, 3.05) is 12.4 Å². The highest BCUT2D eigenvalue weighted by Gasteiger charge is 2.14. The number of anilines is 1. The summed E-state index contributed by atoms with van der Waals surface area (Å²) in [5, 5.41) is 13.4. The third-order valence-corrected chi connectivity index (χ3v) is 5.75. The maximum atomic E-state index is 12.6. The van der Waals surface area contributed by atoms with E-state index in [0.717, 1.165) is 11.8 Å². The van der Waals surface area contributed by atoms with Crippen molar-refractivity contribution in [2.45, 2.75) is 11.8 Å². The fraction of sp³-hybridized carbons (Fsp3) is 0.0909. The molecule has 164 valence electrons. The molecule has 0 aliphatic carbocycles. The van der Waals surface area contributed by atoms with Crippen LogP contribution in [0.25, 0.3) is 0 Å². The van der Waals surface area contributed by atoms with Crippen molar-refractivity contribution < 1.29 is 22.9 Å². The second kappa shape index (κ2) is 9.40. The lowest BCUT2D eigenvalue weighted by Gasteiger charge is -2.10. The molecule has 10 heteroatoms. The summed E-state index contributed by atoms with van der Waals surface area (Å²) in [4.78, 5) is 22.9. The van der Waals surface area contributed by atoms with Gasteiger partial charge in [-0.05, 0) is 43.3 Å². The Morgan fingerprint density at radius 1 is 1.06 bits per heavy atom. The van der Waals surface area contributed by atoms with Crippen LogP contribution in [0.1, 0.15) is 21.5 Å². The van der Waals surface area contributed by atoms with Gasteiger partial charge in [0.1, 0.15) is 5.75 Å². The molecule has 3 aromatic rings. The minimum Gasteiger partial charge on any atom is -0.497 e. The summed E-state index contributed by atoms with van der Waals surface area (Å²) >= 11 is 0. The smallest absolute Gasteiger partial charge is 0.282 e. The molecule has 0 aliphatic rings. The van der Waals surface area contributed by atoms with Gasteiger partial charge in [-0.1, -0.05) is 17.7 Å². The van der Waals surface area contributed by atoms with Gasteiger partial charge in [0, 0.05) is 35.5 Å². The summed E-state index contributed by atoms with van der Waals surface area (Å²) in [5.74, 6) is -0.105. The van der Waals surface area contributed by atoms with Crippen LogP contribution in [0.4, 0.5) is 11.4 Å². The highest BCUT2D eigenvalue weighted by molar-refractivity contribution is 7.90. The standard InChI is InChI=1S/C22H19N3O6S/c1-15-3-11-20(12-4-15)32(29,30)23-14-17-7-10-19(31-2)13-21(17)24-22(26)16-5-8-18(9-6-16)25(27)28/h3-14H,1-2H3,(H,24,26)/b23-14+. The molecule has 0 heterocycles. The lowest BCUT2D eigenvalue weighted by atomic mass is 10.1. The summed E-state index contributed by atoms with van der Waals surface area (Å²) in [6.45, 7) is 1.84. The maximum Gasteiger partial charge on any atom is 0.282 e. The summed E-state index contributed by atoms with van der Waals surface area (Å²) in [7, 11) is -2.49. The number of nitro benzene ring substituents is 1. The Morgan fingerprint density at radius 3 is 2.31 bits per heavy atom. The number of methoxy groups -OCH3 is 1. The van der Waals surface area contributed by atoms with E-state index < -0.39 is 20.9 Å². The molecule has 0 spiro atoms. The first kappa shape index (κ1) is 22.6. The molecule has 0 fully saturated rings. The van der Waals surface area contributed by atoms with Crippen LogP contribution in [0.2, 0.25) is 0 Å². The Labute approximate surface area is 184 Å². The molecule has 0 atom stereocenters. The molecule has 32 heavy (non-hydrogen) atoms. The quantitative estimate of drug-likeness (QED) is 0.327. The number of nitrogens with zero attached hydrogens (tertiary/aromatic N) is 2. The topological polar surface area (TPSA) is 128 Å². The summed E-state index contributed by atoms with van der Waals surface area (Å²) in [6, 6.07) is 16.0. The van der Waals surface area contributed by atoms with Gasteiger partial charge in [-0.2, -0.15) is 12.8 Å². The van der Waals surface area contributed by atoms with Gasteiger partial charge in [-0.3, -0.25) is 14.9 Å². The van der Waals surface area contributed by atoms with Gasteiger partial charge in [0.15, 0.2) is 0 Å². The van der Waals surface area contributed by atoms with E-state index in [2.05, 4.69) is 9.71 Å². The van der Waals surface area contributed by atoms with Gasteiger partial charge < -0.3 is 10.1 Å². The van der Waals surface area contributed by atoms with Crippen molar-refractivity contribution >= 4 is 33.5 Å². The molecule has 0 saturated carbocycles. The number of ether oxygens (including phenoxy) is 1. The van der Waals surface area contributed by atoms with E-state index in [0.29, 0.717) is 11.3 Å². The average molecular weight is 453 g/mol. The zero-order valence-corrected chi connectivity index (χ0v) is 18.0. The second-order valence-electron chi connectivity index (χ2n) is 6.73.